The van der Waals surface area contributed by atoms with Crippen LogP contribution in [0.15, 0.2) is 22.0 Å². The lowest BCUT2D eigenvalue weighted by atomic mass is 10.0. The maximum Gasteiger partial charge on any atom is 0.315 e. The van der Waals surface area contributed by atoms with Crippen molar-refractivity contribution in [3.05, 3.63) is 23.3 Å². The highest BCUT2D eigenvalue weighted by molar-refractivity contribution is 8.00. The highest BCUT2D eigenvalue weighted by Crippen LogP contribution is 2.33. The highest BCUT2D eigenvalue weighted by atomic mass is 32.2. The van der Waals surface area contributed by atoms with E-state index in [-0.39, 0.29) is 35.8 Å². The molecule has 10 nitrogen and oxygen atoms in total. The number of fused-ring (bicyclic) bond motifs is 1. The number of amides is 3. The van der Waals surface area contributed by atoms with Crippen molar-refractivity contribution in [2.75, 3.05) is 18.9 Å². The van der Waals surface area contributed by atoms with Gasteiger partial charge in [0.1, 0.15) is 0 Å². The topological polar surface area (TPSA) is 135 Å². The number of urea groups is 1. The SMILES string of the molecule is O=C1N[C@H]2[C@H](CS[C@H]2CCCCC(=O)OCCCCCCNC(=O)c2noc(-c3cccs3)n2)N1. The molecule has 0 bridgehead atoms. The van der Waals surface area contributed by atoms with Crippen LogP contribution in [0.2, 0.25) is 0 Å². The second kappa shape index (κ2) is 12.9. The van der Waals surface area contributed by atoms with E-state index in [1.807, 2.05) is 29.3 Å². The zero-order valence-electron chi connectivity index (χ0n) is 19.5. The molecule has 0 saturated carbocycles. The molecule has 3 N–H and O–H groups in total. The molecule has 35 heavy (non-hydrogen) atoms. The molecule has 0 unspecified atom stereocenters. The molecule has 0 aromatic carbocycles. The molecule has 0 spiro atoms. The average molecular weight is 522 g/mol. The molecular formula is C23H31N5O5S2. The molecule has 2 aliphatic heterocycles. The number of carbonyl (C=O) groups is 3. The van der Waals surface area contributed by atoms with Crippen LogP contribution >= 0.6 is 23.1 Å². The number of aromatic nitrogens is 2. The molecule has 0 radical (unpaired) electrons. The first-order valence-electron chi connectivity index (χ1n) is 12.1. The fourth-order valence-corrected chi connectivity index (χ4v) is 6.38. The van der Waals surface area contributed by atoms with Crippen molar-refractivity contribution in [2.24, 2.45) is 0 Å². The van der Waals surface area contributed by atoms with Gasteiger partial charge in [0.05, 0.1) is 23.6 Å². The van der Waals surface area contributed by atoms with Crippen molar-refractivity contribution in [3.63, 3.8) is 0 Å². The van der Waals surface area contributed by atoms with Crippen LogP contribution in [0.5, 0.6) is 0 Å². The average Bonchev–Trinajstić information content (AvgIpc) is 3.63. The normalized spacial score (nSPS) is 20.8. The maximum absolute atomic E-state index is 12.1. The van der Waals surface area contributed by atoms with Crippen molar-refractivity contribution < 1.29 is 23.6 Å². The van der Waals surface area contributed by atoms with E-state index in [9.17, 15) is 14.4 Å². The summed E-state index contributed by atoms with van der Waals surface area (Å²) >= 11 is 3.37. The molecular weight excluding hydrogens is 490 g/mol. The minimum Gasteiger partial charge on any atom is -0.466 e. The van der Waals surface area contributed by atoms with E-state index in [2.05, 4.69) is 26.1 Å². The number of carbonyl (C=O) groups excluding carboxylic acids is 3. The predicted octanol–water partition coefficient (Wildman–Crippen LogP) is 3.36. The van der Waals surface area contributed by atoms with Gasteiger partial charge in [-0.05, 0) is 43.6 Å². The summed E-state index contributed by atoms with van der Waals surface area (Å²) in [7, 11) is 0. The Hall–Kier alpha value is -2.60. The third-order valence-electron chi connectivity index (χ3n) is 6.04. The summed E-state index contributed by atoms with van der Waals surface area (Å²) in [5.41, 5.74) is 0. The van der Waals surface area contributed by atoms with Gasteiger partial charge >= 0.3 is 12.0 Å². The molecule has 4 rings (SSSR count). The van der Waals surface area contributed by atoms with Gasteiger partial charge in [-0.3, -0.25) is 9.59 Å². The van der Waals surface area contributed by atoms with Crippen molar-refractivity contribution in [3.8, 4) is 10.8 Å². The van der Waals surface area contributed by atoms with Crippen LogP contribution in [-0.4, -0.2) is 64.3 Å². The number of nitrogens with zero attached hydrogens (tertiary/aromatic N) is 2. The number of rotatable bonds is 14. The van der Waals surface area contributed by atoms with Crippen molar-refractivity contribution >= 4 is 41.0 Å². The van der Waals surface area contributed by atoms with Gasteiger partial charge in [0.25, 0.3) is 17.6 Å². The number of ether oxygens (including phenoxy) is 1. The van der Waals surface area contributed by atoms with E-state index in [1.54, 1.807) is 0 Å². The Kier molecular flexibility index (Phi) is 9.41. The summed E-state index contributed by atoms with van der Waals surface area (Å²) in [4.78, 5) is 40.4. The fraction of sp³-hybridized carbons (Fsp3) is 0.609. The lowest BCUT2D eigenvalue weighted by molar-refractivity contribution is -0.143. The fourth-order valence-electron chi connectivity index (χ4n) is 4.19. The molecule has 2 aromatic rings. The minimum absolute atomic E-state index is 0.0359. The largest absolute Gasteiger partial charge is 0.466 e. The molecule has 2 aromatic heterocycles. The van der Waals surface area contributed by atoms with Gasteiger partial charge in [-0.1, -0.05) is 24.1 Å². The highest BCUT2D eigenvalue weighted by Gasteiger charge is 2.42. The second-order valence-corrected chi connectivity index (χ2v) is 10.9. The van der Waals surface area contributed by atoms with E-state index >= 15 is 0 Å². The van der Waals surface area contributed by atoms with Crippen LogP contribution < -0.4 is 16.0 Å². The number of thioether (sulfide) groups is 1. The van der Waals surface area contributed by atoms with Gasteiger partial charge < -0.3 is 25.2 Å². The smallest absolute Gasteiger partial charge is 0.315 e. The quantitative estimate of drug-likeness (QED) is 0.196. The summed E-state index contributed by atoms with van der Waals surface area (Å²) in [6, 6.07) is 4.14. The van der Waals surface area contributed by atoms with Gasteiger partial charge in [0.2, 0.25) is 0 Å². The standard InChI is InChI=1S/C23H31N5O5S2/c29-18(10-4-3-8-16-19-15(14-35-16)25-23(31)26-19)32-12-6-2-1-5-11-24-21(30)20-27-22(33-28-20)17-9-7-13-34-17/h7,9,13,15-16,19H,1-6,8,10-12,14H2,(H,24,30)(H2,25,26,31)/t15-,16-,19-/m0/s1. The Balaban J connectivity index is 0.963. The zero-order valence-corrected chi connectivity index (χ0v) is 21.1. The third kappa shape index (κ3) is 7.44. The first-order valence-corrected chi connectivity index (χ1v) is 14.0. The van der Waals surface area contributed by atoms with Crippen LogP contribution in [0.25, 0.3) is 10.8 Å². The first-order chi connectivity index (χ1) is 17.1. The van der Waals surface area contributed by atoms with Gasteiger partial charge in [0, 0.05) is 24.0 Å². The third-order valence-corrected chi connectivity index (χ3v) is 8.40. The molecule has 190 valence electrons. The second-order valence-electron chi connectivity index (χ2n) is 8.66. The number of hydrogen-bond donors (Lipinski definition) is 3. The Morgan fingerprint density at radius 2 is 2.06 bits per heavy atom. The van der Waals surface area contributed by atoms with Crippen LogP contribution in [0.3, 0.4) is 0 Å². The minimum atomic E-state index is -0.346. The molecule has 0 aliphatic carbocycles. The van der Waals surface area contributed by atoms with Crippen molar-refractivity contribution in [1.82, 2.24) is 26.1 Å². The Bertz CT molecular complexity index is 983. The summed E-state index contributed by atoms with van der Waals surface area (Å²) in [6.07, 6.45) is 6.69. The summed E-state index contributed by atoms with van der Waals surface area (Å²) < 4.78 is 10.4. The summed E-state index contributed by atoms with van der Waals surface area (Å²) in [5.74, 6) is 0.850. The number of nitrogens with one attached hydrogen (secondary N) is 3. The van der Waals surface area contributed by atoms with Gasteiger partial charge in [-0.25, -0.2) is 4.79 Å². The van der Waals surface area contributed by atoms with Crippen LogP contribution in [-0.2, 0) is 9.53 Å². The molecule has 3 atom stereocenters. The first kappa shape index (κ1) is 25.5. The summed E-state index contributed by atoms with van der Waals surface area (Å²) in [5, 5.41) is 14.8. The Morgan fingerprint density at radius 1 is 1.17 bits per heavy atom. The number of esters is 1. The van der Waals surface area contributed by atoms with E-state index in [4.69, 9.17) is 9.26 Å². The van der Waals surface area contributed by atoms with Gasteiger partial charge in [0.15, 0.2) is 0 Å². The zero-order chi connectivity index (χ0) is 24.5. The van der Waals surface area contributed by atoms with Crippen molar-refractivity contribution in [2.45, 2.75) is 68.7 Å². The van der Waals surface area contributed by atoms with Crippen LogP contribution in [0, 0.1) is 0 Å². The van der Waals surface area contributed by atoms with E-state index < -0.39 is 0 Å². The van der Waals surface area contributed by atoms with Crippen LogP contribution in [0.4, 0.5) is 4.79 Å². The Morgan fingerprint density at radius 3 is 2.91 bits per heavy atom. The number of thiophene rings is 1. The molecule has 2 saturated heterocycles. The molecule has 12 heteroatoms. The van der Waals surface area contributed by atoms with Crippen molar-refractivity contribution in [1.29, 1.82) is 0 Å². The number of hydrogen-bond acceptors (Lipinski definition) is 9. The monoisotopic (exact) mass is 521 g/mol. The maximum atomic E-state index is 12.1. The van der Waals surface area contributed by atoms with E-state index in [0.717, 1.165) is 55.6 Å². The molecule has 2 fully saturated rings. The predicted molar refractivity (Wildman–Crippen MR) is 133 cm³/mol. The lowest BCUT2D eigenvalue weighted by Gasteiger charge is -2.16. The summed E-state index contributed by atoms with van der Waals surface area (Å²) in [6.45, 7) is 0.960. The van der Waals surface area contributed by atoms with Gasteiger partial charge in [-0.2, -0.15) is 16.7 Å². The van der Waals surface area contributed by atoms with E-state index in [1.165, 1.54) is 11.3 Å². The molecule has 4 heterocycles. The van der Waals surface area contributed by atoms with E-state index in [0.29, 0.717) is 30.7 Å². The molecule has 2 aliphatic rings. The number of unbranched alkanes of at least 4 members (excludes halogenated alkanes) is 4. The van der Waals surface area contributed by atoms with Crippen LogP contribution in [0.1, 0.15) is 62.0 Å². The Labute approximate surface area is 212 Å². The van der Waals surface area contributed by atoms with Gasteiger partial charge in [-0.15, -0.1) is 11.3 Å². The molecule has 3 amide bonds. The lowest BCUT2D eigenvalue weighted by Crippen LogP contribution is -2.36.